The molecule has 0 amide bonds. The topological polar surface area (TPSA) is 15.8 Å². The number of hydrogen-bond acceptors (Lipinski definition) is 0. The first kappa shape index (κ1) is 7.66. The van der Waals surface area contributed by atoms with Gasteiger partial charge in [-0.15, -0.1) is 0 Å². The van der Waals surface area contributed by atoms with Gasteiger partial charge in [0.1, 0.15) is 0 Å². The molecule has 1 heteroatoms. The van der Waals surface area contributed by atoms with Crippen LogP contribution in [0, 0.1) is 0 Å². The van der Waals surface area contributed by atoms with Crippen molar-refractivity contribution in [2.45, 2.75) is 32.6 Å². The zero-order valence-corrected chi connectivity index (χ0v) is 7.72. The molecule has 0 aromatic carbocycles. The zero-order chi connectivity index (χ0) is 8.55. The Morgan fingerprint density at radius 1 is 1.25 bits per heavy atom. The summed E-state index contributed by atoms with van der Waals surface area (Å²) in [6.07, 6.45) is 9.17. The average molecular weight is 161 g/mol. The van der Waals surface area contributed by atoms with Crippen LogP contribution in [-0.2, 0) is 0 Å². The van der Waals surface area contributed by atoms with Gasteiger partial charge < -0.3 is 4.98 Å². The molecule has 0 spiro atoms. The molecule has 0 aliphatic heterocycles. The number of hydrogen-bond donors (Lipinski definition) is 1. The molecule has 1 N–H and O–H groups in total. The quantitative estimate of drug-likeness (QED) is 0.642. The summed E-state index contributed by atoms with van der Waals surface area (Å²) in [6, 6.07) is 0. The Labute approximate surface area is 72.8 Å². The molecular formula is C11H15N. The third-order valence-electron chi connectivity index (χ3n) is 2.47. The van der Waals surface area contributed by atoms with Crippen LogP contribution in [0.5, 0.6) is 0 Å². The third kappa shape index (κ3) is 1.09. The molecule has 0 saturated carbocycles. The van der Waals surface area contributed by atoms with Crippen LogP contribution in [0.4, 0.5) is 0 Å². The van der Waals surface area contributed by atoms with Crippen molar-refractivity contribution in [1.82, 2.24) is 4.98 Å². The first-order valence-electron chi connectivity index (χ1n) is 4.66. The highest BCUT2D eigenvalue weighted by Crippen LogP contribution is 2.07. The molecule has 0 unspecified atom stereocenters. The second-order valence-electron chi connectivity index (χ2n) is 3.71. The van der Waals surface area contributed by atoms with Crippen molar-refractivity contribution in [3.8, 4) is 0 Å². The van der Waals surface area contributed by atoms with Crippen LogP contribution in [0.3, 0.4) is 0 Å². The van der Waals surface area contributed by atoms with E-state index in [1.54, 1.807) is 0 Å². The molecule has 1 aliphatic rings. The van der Waals surface area contributed by atoms with Crippen LogP contribution in [0.2, 0.25) is 0 Å². The summed E-state index contributed by atoms with van der Waals surface area (Å²) in [5, 5.41) is 2.77. The largest absolute Gasteiger partial charge is 0.361 e. The highest BCUT2D eigenvalue weighted by Gasteiger charge is 2.04. The van der Waals surface area contributed by atoms with Crippen LogP contribution in [0.15, 0.2) is 6.20 Å². The lowest BCUT2D eigenvalue weighted by Gasteiger charge is -2.01. The van der Waals surface area contributed by atoms with E-state index in [-0.39, 0.29) is 0 Å². The van der Waals surface area contributed by atoms with Gasteiger partial charge in [-0.2, -0.15) is 0 Å². The van der Waals surface area contributed by atoms with Crippen LogP contribution >= 0.6 is 0 Å². The van der Waals surface area contributed by atoms with E-state index in [1.165, 1.54) is 29.0 Å². The predicted octanol–water partition coefficient (Wildman–Crippen LogP) is 1.49. The van der Waals surface area contributed by atoms with Gasteiger partial charge in [0.25, 0.3) is 0 Å². The molecule has 2 rings (SSSR count). The maximum Gasteiger partial charge on any atom is 0.0413 e. The molecule has 1 aliphatic carbocycles. The molecule has 0 saturated heterocycles. The Morgan fingerprint density at radius 3 is 2.75 bits per heavy atom. The molecule has 0 radical (unpaired) electrons. The summed E-state index contributed by atoms with van der Waals surface area (Å²) in [6.45, 7) is 4.48. The van der Waals surface area contributed by atoms with Gasteiger partial charge in [-0.1, -0.05) is 26.0 Å². The Bertz CT molecular complexity index is 382. The van der Waals surface area contributed by atoms with Crippen molar-refractivity contribution in [3.63, 3.8) is 0 Å². The standard InChI is InChI=1S/C11H15N/c1-8(2)10-7-12-11-6-4-3-5-9(10)11/h5-8,12H,3-4H2,1-2H3. The summed E-state index contributed by atoms with van der Waals surface area (Å²) in [5.41, 5.74) is 1.46. The summed E-state index contributed by atoms with van der Waals surface area (Å²) in [4.78, 5) is 3.32. The molecule has 0 fully saturated rings. The minimum absolute atomic E-state index is 0.632. The predicted molar refractivity (Wildman–Crippen MR) is 52.3 cm³/mol. The molecule has 0 bridgehead atoms. The van der Waals surface area contributed by atoms with E-state index >= 15 is 0 Å². The van der Waals surface area contributed by atoms with E-state index in [0.29, 0.717) is 5.92 Å². The van der Waals surface area contributed by atoms with Crippen LogP contribution < -0.4 is 10.6 Å². The average Bonchev–Trinajstić information content (AvgIpc) is 2.47. The lowest BCUT2D eigenvalue weighted by Crippen LogP contribution is -2.27. The molecule has 1 aromatic heterocycles. The molecule has 64 valence electrons. The molecular weight excluding hydrogens is 146 g/mol. The third-order valence-corrected chi connectivity index (χ3v) is 2.47. The van der Waals surface area contributed by atoms with Gasteiger partial charge in [-0.25, -0.2) is 0 Å². The molecule has 1 heterocycles. The van der Waals surface area contributed by atoms with Crippen molar-refractivity contribution in [3.05, 3.63) is 22.3 Å². The normalized spacial score (nSPS) is 15.2. The van der Waals surface area contributed by atoms with Gasteiger partial charge in [-0.3, -0.25) is 0 Å². The molecule has 1 aromatic rings. The van der Waals surface area contributed by atoms with Crippen molar-refractivity contribution >= 4 is 12.2 Å². The number of fused-ring (bicyclic) bond motifs is 1. The van der Waals surface area contributed by atoms with Crippen molar-refractivity contribution < 1.29 is 0 Å². The fourth-order valence-corrected chi connectivity index (χ4v) is 1.80. The first-order valence-corrected chi connectivity index (χ1v) is 4.66. The second kappa shape index (κ2) is 2.81. The lowest BCUT2D eigenvalue weighted by atomic mass is 10.0. The van der Waals surface area contributed by atoms with E-state index in [4.69, 9.17) is 0 Å². The molecule has 12 heavy (non-hydrogen) atoms. The Kier molecular flexibility index (Phi) is 1.80. The minimum Gasteiger partial charge on any atom is -0.361 e. The van der Waals surface area contributed by atoms with E-state index in [0.717, 1.165) is 0 Å². The Hall–Kier alpha value is -0.980. The first-order chi connectivity index (χ1) is 5.79. The fraction of sp³-hybridized carbons (Fsp3) is 0.455. The smallest absolute Gasteiger partial charge is 0.0413 e. The monoisotopic (exact) mass is 161 g/mol. The van der Waals surface area contributed by atoms with Gasteiger partial charge >= 0.3 is 0 Å². The van der Waals surface area contributed by atoms with Crippen molar-refractivity contribution in [1.29, 1.82) is 0 Å². The maximum absolute atomic E-state index is 3.32. The van der Waals surface area contributed by atoms with E-state index in [2.05, 4.69) is 37.2 Å². The van der Waals surface area contributed by atoms with Crippen LogP contribution in [-0.4, -0.2) is 4.98 Å². The summed E-state index contributed by atoms with van der Waals surface area (Å²) < 4.78 is 0. The number of rotatable bonds is 1. The summed E-state index contributed by atoms with van der Waals surface area (Å²) >= 11 is 0. The lowest BCUT2D eigenvalue weighted by molar-refractivity contribution is 0.860. The fourth-order valence-electron chi connectivity index (χ4n) is 1.80. The number of nitrogens with one attached hydrogen (secondary N) is 1. The molecule has 0 atom stereocenters. The number of aromatic amines is 1. The summed E-state index contributed by atoms with van der Waals surface area (Å²) in [7, 11) is 0. The highest BCUT2D eigenvalue weighted by atomic mass is 14.7. The SMILES string of the molecule is CC(C)c1c[nH]c2c1=CCCC=2. The van der Waals surface area contributed by atoms with Crippen LogP contribution in [0.25, 0.3) is 12.2 Å². The van der Waals surface area contributed by atoms with Gasteiger partial charge in [0.2, 0.25) is 0 Å². The number of H-pyrrole nitrogens is 1. The molecule has 1 nitrogen and oxygen atoms in total. The Morgan fingerprint density at radius 2 is 2.00 bits per heavy atom. The minimum atomic E-state index is 0.632. The van der Waals surface area contributed by atoms with Gasteiger partial charge in [0, 0.05) is 11.5 Å². The van der Waals surface area contributed by atoms with E-state index < -0.39 is 0 Å². The Balaban J connectivity index is 2.68. The van der Waals surface area contributed by atoms with E-state index in [9.17, 15) is 0 Å². The van der Waals surface area contributed by atoms with Crippen molar-refractivity contribution in [2.75, 3.05) is 0 Å². The van der Waals surface area contributed by atoms with Gasteiger partial charge in [0.15, 0.2) is 0 Å². The second-order valence-corrected chi connectivity index (χ2v) is 3.71. The van der Waals surface area contributed by atoms with Crippen molar-refractivity contribution in [2.24, 2.45) is 0 Å². The maximum atomic E-state index is 3.32. The highest BCUT2D eigenvalue weighted by molar-refractivity contribution is 5.39. The van der Waals surface area contributed by atoms with Gasteiger partial charge in [0.05, 0.1) is 0 Å². The van der Waals surface area contributed by atoms with Gasteiger partial charge in [-0.05, 0) is 29.5 Å². The zero-order valence-electron chi connectivity index (χ0n) is 7.72. The van der Waals surface area contributed by atoms with E-state index in [1.807, 2.05) is 0 Å². The summed E-state index contributed by atoms with van der Waals surface area (Å²) in [5.74, 6) is 0.632. The van der Waals surface area contributed by atoms with Crippen LogP contribution in [0.1, 0.15) is 38.2 Å². The number of aromatic nitrogens is 1.